The number of nitrogens with zero attached hydrogens (tertiary/aromatic N) is 1. The van der Waals surface area contributed by atoms with Crippen LogP contribution in [0.25, 0.3) is 0 Å². The van der Waals surface area contributed by atoms with Crippen molar-refractivity contribution < 1.29 is 32.2 Å². The van der Waals surface area contributed by atoms with Crippen LogP contribution in [0, 0.1) is 0 Å². The number of methoxy groups -OCH3 is 4. The van der Waals surface area contributed by atoms with Crippen LogP contribution in [0.5, 0.6) is 23.0 Å². The summed E-state index contributed by atoms with van der Waals surface area (Å²) in [6.07, 6.45) is 0. The van der Waals surface area contributed by atoms with Crippen LogP contribution < -0.4 is 28.6 Å². The number of amides is 1. The minimum atomic E-state index is -4.15. The first kappa shape index (κ1) is 26.0. The summed E-state index contributed by atoms with van der Waals surface area (Å²) in [5.74, 6) is 0.634. The molecular formula is C24H25ClN2O7S. The minimum absolute atomic E-state index is 0.0106. The van der Waals surface area contributed by atoms with Crippen LogP contribution in [0.15, 0.2) is 65.6 Å². The molecule has 35 heavy (non-hydrogen) atoms. The smallest absolute Gasteiger partial charge is 0.264 e. The van der Waals surface area contributed by atoms with Gasteiger partial charge in [0.25, 0.3) is 10.0 Å². The zero-order valence-corrected chi connectivity index (χ0v) is 21.1. The summed E-state index contributed by atoms with van der Waals surface area (Å²) in [6.45, 7) is -0.561. The van der Waals surface area contributed by atoms with E-state index >= 15 is 0 Å². The van der Waals surface area contributed by atoms with Crippen molar-refractivity contribution in [2.75, 3.05) is 44.6 Å². The molecule has 0 aromatic heterocycles. The second kappa shape index (κ2) is 11.2. The highest BCUT2D eigenvalue weighted by Crippen LogP contribution is 2.37. The monoisotopic (exact) mass is 520 g/mol. The summed E-state index contributed by atoms with van der Waals surface area (Å²) >= 11 is 6.14. The molecule has 0 aliphatic rings. The lowest BCUT2D eigenvalue weighted by Crippen LogP contribution is -2.38. The van der Waals surface area contributed by atoms with Gasteiger partial charge < -0.3 is 24.3 Å². The van der Waals surface area contributed by atoms with E-state index in [4.69, 9.17) is 30.5 Å². The Kier molecular flexibility index (Phi) is 8.31. The molecule has 0 aliphatic carbocycles. The summed E-state index contributed by atoms with van der Waals surface area (Å²) in [5, 5.41) is 2.96. The Labute approximate surface area is 209 Å². The van der Waals surface area contributed by atoms with Crippen LogP contribution in [0.3, 0.4) is 0 Å². The number of ether oxygens (including phenoxy) is 4. The van der Waals surface area contributed by atoms with Gasteiger partial charge in [0.1, 0.15) is 29.5 Å². The Hall–Kier alpha value is -3.63. The SMILES string of the molecule is COc1ccc(N(CC(=O)Nc2cc(OC)c(Cl)cc2OC)S(=O)(=O)c2ccccc2)c(OC)c1. The van der Waals surface area contributed by atoms with Crippen LogP contribution in [0.4, 0.5) is 11.4 Å². The largest absolute Gasteiger partial charge is 0.497 e. The van der Waals surface area contributed by atoms with E-state index < -0.39 is 22.5 Å². The molecule has 0 spiro atoms. The normalized spacial score (nSPS) is 10.9. The predicted octanol–water partition coefficient (Wildman–Crippen LogP) is 4.21. The lowest BCUT2D eigenvalue weighted by molar-refractivity contribution is -0.114. The molecule has 0 radical (unpaired) electrons. The Morgan fingerprint density at radius 3 is 2.11 bits per heavy atom. The maximum absolute atomic E-state index is 13.6. The molecule has 0 fully saturated rings. The number of benzene rings is 3. The van der Waals surface area contributed by atoms with E-state index in [0.29, 0.717) is 16.5 Å². The summed E-state index contributed by atoms with van der Waals surface area (Å²) in [4.78, 5) is 13.1. The van der Waals surface area contributed by atoms with E-state index in [0.717, 1.165) is 4.31 Å². The summed E-state index contributed by atoms with van der Waals surface area (Å²) < 4.78 is 49.3. The first-order valence-electron chi connectivity index (χ1n) is 10.3. The third-order valence-electron chi connectivity index (χ3n) is 5.02. The molecule has 0 unspecified atom stereocenters. The number of hydrogen-bond acceptors (Lipinski definition) is 7. The van der Waals surface area contributed by atoms with Crippen molar-refractivity contribution in [2.45, 2.75) is 4.90 Å². The fourth-order valence-corrected chi connectivity index (χ4v) is 4.97. The molecule has 11 heteroatoms. The van der Waals surface area contributed by atoms with E-state index in [9.17, 15) is 13.2 Å². The van der Waals surface area contributed by atoms with Crippen molar-refractivity contribution in [3.63, 3.8) is 0 Å². The standard InChI is InChI=1S/C24H25ClN2O7S/c1-31-16-10-11-20(23(12-16)34-4)27(35(29,30)17-8-6-5-7-9-17)15-24(28)26-19-14-21(32-2)18(25)13-22(19)33-3/h5-14H,15H2,1-4H3,(H,26,28). The second-order valence-corrected chi connectivity index (χ2v) is 9.37. The lowest BCUT2D eigenvalue weighted by atomic mass is 10.2. The molecule has 1 amide bonds. The number of carbonyl (C=O) groups is 1. The molecule has 3 aromatic rings. The van der Waals surface area contributed by atoms with Gasteiger partial charge in [-0.3, -0.25) is 9.10 Å². The lowest BCUT2D eigenvalue weighted by Gasteiger charge is -2.26. The number of sulfonamides is 1. The van der Waals surface area contributed by atoms with Crippen molar-refractivity contribution in [3.8, 4) is 23.0 Å². The van der Waals surface area contributed by atoms with Gasteiger partial charge >= 0.3 is 0 Å². The fourth-order valence-electron chi connectivity index (χ4n) is 3.29. The number of anilines is 2. The number of rotatable bonds is 10. The summed E-state index contributed by atoms with van der Waals surface area (Å²) in [7, 11) is 1.58. The maximum atomic E-state index is 13.6. The van der Waals surface area contributed by atoms with Crippen molar-refractivity contribution >= 4 is 38.9 Å². The van der Waals surface area contributed by atoms with Gasteiger partial charge in [0.05, 0.1) is 49.7 Å². The molecule has 0 aliphatic heterocycles. The van der Waals surface area contributed by atoms with Gasteiger partial charge in [-0.25, -0.2) is 8.42 Å². The molecule has 0 atom stereocenters. The molecule has 1 N–H and O–H groups in total. The van der Waals surface area contributed by atoms with Crippen molar-refractivity contribution in [1.29, 1.82) is 0 Å². The van der Waals surface area contributed by atoms with E-state index in [-0.39, 0.29) is 27.8 Å². The predicted molar refractivity (Wildman–Crippen MR) is 134 cm³/mol. The van der Waals surface area contributed by atoms with Crippen molar-refractivity contribution in [1.82, 2.24) is 0 Å². The quantitative estimate of drug-likeness (QED) is 0.427. The van der Waals surface area contributed by atoms with Crippen molar-refractivity contribution in [2.24, 2.45) is 0 Å². The van der Waals surface area contributed by atoms with Crippen LogP contribution >= 0.6 is 11.6 Å². The van der Waals surface area contributed by atoms with Gasteiger partial charge in [-0.1, -0.05) is 29.8 Å². The average molecular weight is 521 g/mol. The first-order chi connectivity index (χ1) is 16.7. The van der Waals surface area contributed by atoms with Gasteiger partial charge in [0, 0.05) is 18.2 Å². The molecule has 0 saturated carbocycles. The van der Waals surface area contributed by atoms with E-state index in [1.54, 1.807) is 24.3 Å². The Morgan fingerprint density at radius 1 is 0.857 bits per heavy atom. The average Bonchev–Trinajstić information content (AvgIpc) is 2.88. The number of halogens is 1. The highest BCUT2D eigenvalue weighted by atomic mass is 35.5. The Morgan fingerprint density at radius 2 is 1.51 bits per heavy atom. The van der Waals surface area contributed by atoms with E-state index in [1.165, 1.54) is 64.8 Å². The van der Waals surface area contributed by atoms with Gasteiger partial charge in [0.2, 0.25) is 5.91 Å². The van der Waals surface area contributed by atoms with Gasteiger partial charge in [-0.2, -0.15) is 0 Å². The Bertz CT molecular complexity index is 1300. The van der Waals surface area contributed by atoms with Crippen LogP contribution in [-0.4, -0.2) is 49.3 Å². The van der Waals surface area contributed by atoms with Crippen LogP contribution in [-0.2, 0) is 14.8 Å². The third kappa shape index (κ3) is 5.72. The molecule has 3 aromatic carbocycles. The Balaban J connectivity index is 2.04. The second-order valence-electron chi connectivity index (χ2n) is 7.10. The molecule has 186 valence electrons. The number of nitrogens with one attached hydrogen (secondary N) is 1. The molecule has 0 bridgehead atoms. The van der Waals surface area contributed by atoms with Crippen molar-refractivity contribution in [3.05, 3.63) is 65.7 Å². The molecular weight excluding hydrogens is 496 g/mol. The maximum Gasteiger partial charge on any atom is 0.264 e. The summed E-state index contributed by atoms with van der Waals surface area (Å²) in [6, 6.07) is 15.4. The molecule has 9 nitrogen and oxygen atoms in total. The van der Waals surface area contributed by atoms with E-state index in [1.807, 2.05) is 0 Å². The van der Waals surface area contributed by atoms with Gasteiger partial charge in [0.15, 0.2) is 0 Å². The van der Waals surface area contributed by atoms with Gasteiger partial charge in [-0.05, 0) is 24.3 Å². The van der Waals surface area contributed by atoms with Gasteiger partial charge in [-0.15, -0.1) is 0 Å². The summed E-state index contributed by atoms with van der Waals surface area (Å²) in [5.41, 5.74) is 0.422. The van der Waals surface area contributed by atoms with E-state index in [2.05, 4.69) is 5.32 Å². The zero-order valence-electron chi connectivity index (χ0n) is 19.6. The first-order valence-corrected chi connectivity index (χ1v) is 12.1. The minimum Gasteiger partial charge on any atom is -0.497 e. The molecule has 0 saturated heterocycles. The molecule has 3 rings (SSSR count). The molecule has 0 heterocycles. The highest BCUT2D eigenvalue weighted by molar-refractivity contribution is 7.92. The zero-order chi connectivity index (χ0) is 25.6. The van der Waals surface area contributed by atoms with Crippen LogP contribution in [0.1, 0.15) is 0 Å². The topological polar surface area (TPSA) is 103 Å². The number of carbonyl (C=O) groups excluding carboxylic acids is 1. The van der Waals surface area contributed by atoms with Crippen LogP contribution in [0.2, 0.25) is 5.02 Å². The fraction of sp³-hybridized carbons (Fsp3) is 0.208. The highest BCUT2D eigenvalue weighted by Gasteiger charge is 2.30. The third-order valence-corrected chi connectivity index (χ3v) is 7.09. The number of hydrogen-bond donors (Lipinski definition) is 1.